The lowest BCUT2D eigenvalue weighted by Crippen LogP contribution is -1.93. The van der Waals surface area contributed by atoms with Gasteiger partial charge in [-0.2, -0.15) is 0 Å². The highest BCUT2D eigenvalue weighted by Gasteiger charge is 1.93. The maximum atomic E-state index is 5.32. The number of nitrogens with two attached hydrogens (primary N) is 1. The molecule has 0 aliphatic carbocycles. The van der Waals surface area contributed by atoms with E-state index in [0.29, 0.717) is 0 Å². The fraction of sp³-hybridized carbons (Fsp3) is 0.375. The predicted molar refractivity (Wildman–Crippen MR) is 46.1 cm³/mol. The fourth-order valence-electron chi connectivity index (χ4n) is 0.595. The molecule has 0 rings (SSSR count). The van der Waals surface area contributed by atoms with Crippen molar-refractivity contribution in [3.05, 3.63) is 23.9 Å². The molecule has 0 spiro atoms. The number of rotatable bonds is 3. The molecule has 10 heavy (non-hydrogen) atoms. The van der Waals surface area contributed by atoms with Crippen LogP contribution in [0, 0.1) is 0 Å². The van der Waals surface area contributed by atoms with Crippen LogP contribution in [0.1, 0.15) is 13.3 Å². The molecule has 0 atom stereocenters. The lowest BCUT2D eigenvalue weighted by atomic mass is 10.1. The molecule has 0 heterocycles. The zero-order valence-corrected chi connectivity index (χ0v) is 6.59. The smallest absolute Gasteiger partial charge is 0.0298 e. The van der Waals surface area contributed by atoms with Crippen LogP contribution in [0.25, 0.3) is 0 Å². The molecule has 0 aliphatic rings. The van der Waals surface area contributed by atoms with Gasteiger partial charge in [0.25, 0.3) is 0 Å². The van der Waals surface area contributed by atoms with Crippen LogP contribution in [0.15, 0.2) is 28.9 Å². The molecular formula is C8H14N2. The monoisotopic (exact) mass is 138 g/mol. The van der Waals surface area contributed by atoms with Gasteiger partial charge in [-0.1, -0.05) is 13.5 Å². The van der Waals surface area contributed by atoms with Crippen molar-refractivity contribution in [3.63, 3.8) is 0 Å². The van der Waals surface area contributed by atoms with E-state index in [1.54, 1.807) is 13.3 Å². The first kappa shape index (κ1) is 8.95. The molecule has 0 fully saturated rings. The van der Waals surface area contributed by atoms with Gasteiger partial charge >= 0.3 is 0 Å². The van der Waals surface area contributed by atoms with Crippen LogP contribution >= 0.6 is 0 Å². The Balaban J connectivity index is 4.23. The summed E-state index contributed by atoms with van der Waals surface area (Å²) >= 11 is 0. The minimum Gasteiger partial charge on any atom is -0.404 e. The molecule has 0 aromatic rings. The van der Waals surface area contributed by atoms with Crippen LogP contribution in [0.5, 0.6) is 0 Å². The van der Waals surface area contributed by atoms with Crippen LogP contribution in [-0.4, -0.2) is 13.3 Å². The normalized spacial score (nSPS) is 12.4. The van der Waals surface area contributed by atoms with Gasteiger partial charge in [0.05, 0.1) is 0 Å². The Kier molecular flexibility index (Phi) is 4.29. The minimum absolute atomic E-state index is 0.912. The average Bonchev–Trinajstić information content (AvgIpc) is 1.99. The molecule has 0 saturated carbocycles. The summed E-state index contributed by atoms with van der Waals surface area (Å²) in [7, 11) is 1.71. The van der Waals surface area contributed by atoms with Gasteiger partial charge in [0.2, 0.25) is 0 Å². The molecule has 0 aromatic heterocycles. The summed E-state index contributed by atoms with van der Waals surface area (Å²) in [6.45, 7) is 5.86. The standard InChI is InChI=1S/C8H14N2/c1-4-7(2)8(5-9)6-10-3/h5-6H,2,4,9H2,1,3H3. The van der Waals surface area contributed by atoms with Crippen molar-refractivity contribution in [2.24, 2.45) is 10.7 Å². The van der Waals surface area contributed by atoms with Crippen molar-refractivity contribution in [2.45, 2.75) is 13.3 Å². The topological polar surface area (TPSA) is 38.4 Å². The van der Waals surface area contributed by atoms with E-state index in [0.717, 1.165) is 17.6 Å². The fourth-order valence-corrected chi connectivity index (χ4v) is 0.595. The molecular weight excluding hydrogens is 124 g/mol. The van der Waals surface area contributed by atoms with Gasteiger partial charge in [-0.05, 0) is 12.0 Å². The van der Waals surface area contributed by atoms with Gasteiger partial charge in [-0.3, -0.25) is 4.99 Å². The number of hydrogen-bond acceptors (Lipinski definition) is 2. The average molecular weight is 138 g/mol. The van der Waals surface area contributed by atoms with Crippen molar-refractivity contribution in [2.75, 3.05) is 7.05 Å². The van der Waals surface area contributed by atoms with Gasteiger partial charge in [-0.15, -0.1) is 0 Å². The third-order valence-corrected chi connectivity index (χ3v) is 1.28. The van der Waals surface area contributed by atoms with Crippen molar-refractivity contribution in [3.8, 4) is 0 Å². The number of allylic oxidation sites excluding steroid dienone is 2. The van der Waals surface area contributed by atoms with Crippen LogP contribution in [-0.2, 0) is 0 Å². The second kappa shape index (κ2) is 4.79. The van der Waals surface area contributed by atoms with E-state index in [4.69, 9.17) is 5.73 Å². The number of hydrogen-bond donors (Lipinski definition) is 1. The van der Waals surface area contributed by atoms with Crippen LogP contribution in [0.3, 0.4) is 0 Å². The largest absolute Gasteiger partial charge is 0.404 e. The molecule has 0 aromatic carbocycles. The Morgan fingerprint density at radius 1 is 1.70 bits per heavy atom. The molecule has 0 bridgehead atoms. The first-order chi connectivity index (χ1) is 4.76. The van der Waals surface area contributed by atoms with E-state index in [1.807, 2.05) is 6.92 Å². The van der Waals surface area contributed by atoms with E-state index in [9.17, 15) is 0 Å². The number of aliphatic imine (C=N–C) groups is 1. The first-order valence-electron chi connectivity index (χ1n) is 3.28. The molecule has 0 radical (unpaired) electrons. The third kappa shape index (κ3) is 2.49. The SMILES string of the molecule is C=C(CC)C(C=NC)=CN. The Labute approximate surface area is 62.1 Å². The Morgan fingerprint density at radius 3 is 2.60 bits per heavy atom. The number of nitrogens with zero attached hydrogens (tertiary/aromatic N) is 1. The first-order valence-corrected chi connectivity index (χ1v) is 3.28. The molecule has 2 nitrogen and oxygen atoms in total. The Bertz CT molecular complexity index is 166. The van der Waals surface area contributed by atoms with Crippen molar-refractivity contribution in [1.82, 2.24) is 0 Å². The van der Waals surface area contributed by atoms with Gasteiger partial charge in [0.15, 0.2) is 0 Å². The minimum atomic E-state index is 0.912. The molecule has 0 saturated heterocycles. The summed E-state index contributed by atoms with van der Waals surface area (Å²) < 4.78 is 0. The maximum absolute atomic E-state index is 5.32. The maximum Gasteiger partial charge on any atom is 0.0298 e. The lowest BCUT2D eigenvalue weighted by molar-refractivity contribution is 1.14. The van der Waals surface area contributed by atoms with E-state index in [2.05, 4.69) is 11.6 Å². The molecule has 0 aliphatic heterocycles. The van der Waals surface area contributed by atoms with E-state index >= 15 is 0 Å². The second-order valence-corrected chi connectivity index (χ2v) is 1.97. The zero-order chi connectivity index (χ0) is 7.98. The highest BCUT2D eigenvalue weighted by atomic mass is 14.6. The quantitative estimate of drug-likeness (QED) is 0.465. The summed E-state index contributed by atoms with van der Waals surface area (Å²) in [5, 5.41) is 0. The van der Waals surface area contributed by atoms with Gasteiger partial charge in [0, 0.05) is 25.0 Å². The Hall–Kier alpha value is -1.05. The van der Waals surface area contributed by atoms with Gasteiger partial charge < -0.3 is 5.73 Å². The van der Waals surface area contributed by atoms with Crippen molar-refractivity contribution < 1.29 is 0 Å². The third-order valence-electron chi connectivity index (χ3n) is 1.28. The summed E-state index contributed by atoms with van der Waals surface area (Å²) in [6.07, 6.45) is 4.15. The van der Waals surface area contributed by atoms with E-state index < -0.39 is 0 Å². The predicted octanol–water partition coefficient (Wildman–Crippen LogP) is 1.50. The van der Waals surface area contributed by atoms with E-state index in [-0.39, 0.29) is 0 Å². The zero-order valence-electron chi connectivity index (χ0n) is 6.59. The molecule has 0 unspecified atom stereocenters. The summed E-state index contributed by atoms with van der Waals surface area (Å²) in [5.41, 5.74) is 7.26. The molecule has 0 amide bonds. The van der Waals surface area contributed by atoms with Crippen molar-refractivity contribution in [1.29, 1.82) is 0 Å². The summed E-state index contributed by atoms with van der Waals surface area (Å²) in [6, 6.07) is 0. The van der Waals surface area contributed by atoms with Crippen LogP contribution in [0.2, 0.25) is 0 Å². The summed E-state index contributed by atoms with van der Waals surface area (Å²) in [4.78, 5) is 3.84. The molecule has 2 N–H and O–H groups in total. The van der Waals surface area contributed by atoms with E-state index in [1.165, 1.54) is 6.20 Å². The summed E-state index contributed by atoms with van der Waals surface area (Å²) in [5.74, 6) is 0. The van der Waals surface area contributed by atoms with Crippen LogP contribution in [0.4, 0.5) is 0 Å². The molecule has 56 valence electrons. The second-order valence-electron chi connectivity index (χ2n) is 1.97. The van der Waals surface area contributed by atoms with Crippen molar-refractivity contribution >= 4 is 6.21 Å². The highest BCUT2D eigenvalue weighted by molar-refractivity contribution is 5.83. The Morgan fingerprint density at radius 2 is 2.30 bits per heavy atom. The highest BCUT2D eigenvalue weighted by Crippen LogP contribution is 2.06. The molecule has 2 heteroatoms. The van der Waals surface area contributed by atoms with Gasteiger partial charge in [-0.25, -0.2) is 0 Å². The lowest BCUT2D eigenvalue weighted by Gasteiger charge is -1.99. The van der Waals surface area contributed by atoms with Gasteiger partial charge in [0.1, 0.15) is 0 Å². The van der Waals surface area contributed by atoms with Crippen LogP contribution < -0.4 is 5.73 Å².